The molecule has 4 nitrogen and oxygen atoms in total. The topological polar surface area (TPSA) is 53.1 Å². The van der Waals surface area contributed by atoms with Crippen LogP contribution in [-0.4, -0.2) is 16.7 Å². The Morgan fingerprint density at radius 2 is 2.12 bits per heavy atom. The van der Waals surface area contributed by atoms with Crippen LogP contribution >= 0.6 is 11.6 Å². The lowest BCUT2D eigenvalue weighted by atomic mass is 10.1. The van der Waals surface area contributed by atoms with E-state index in [2.05, 4.69) is 4.98 Å². The van der Waals surface area contributed by atoms with Gasteiger partial charge in [-0.1, -0.05) is 11.6 Å². The zero-order valence-electron chi connectivity index (χ0n) is 9.99. The monoisotopic (exact) mass is 251 g/mol. The number of methoxy groups -OCH3 is 1. The van der Waals surface area contributed by atoms with E-state index in [4.69, 9.17) is 22.1 Å². The zero-order chi connectivity index (χ0) is 12.6. The lowest BCUT2D eigenvalue weighted by Gasteiger charge is -2.05. The Kier molecular flexibility index (Phi) is 2.98. The minimum absolute atomic E-state index is 0.549. The van der Waals surface area contributed by atoms with Crippen molar-refractivity contribution in [3.63, 3.8) is 0 Å². The molecule has 0 aliphatic heterocycles. The smallest absolute Gasteiger partial charge is 0.137 e. The van der Waals surface area contributed by atoms with Gasteiger partial charge in [-0.2, -0.15) is 0 Å². The van der Waals surface area contributed by atoms with Crippen LogP contribution in [0.5, 0.6) is 5.75 Å². The van der Waals surface area contributed by atoms with E-state index in [0.717, 1.165) is 17.1 Å². The minimum Gasteiger partial charge on any atom is -0.495 e. The first-order chi connectivity index (χ1) is 8.04. The number of halogens is 1. The molecule has 90 valence electrons. The van der Waals surface area contributed by atoms with E-state index in [-0.39, 0.29) is 0 Å². The minimum atomic E-state index is 0.549. The van der Waals surface area contributed by atoms with Crippen LogP contribution in [0.3, 0.4) is 0 Å². The molecular formula is C12H14ClN3O. The summed E-state index contributed by atoms with van der Waals surface area (Å²) in [6.45, 7) is 1.91. The van der Waals surface area contributed by atoms with Gasteiger partial charge in [-0.05, 0) is 25.1 Å². The highest BCUT2D eigenvalue weighted by molar-refractivity contribution is 6.32. The fraction of sp³-hybridized carbons (Fsp3) is 0.250. The van der Waals surface area contributed by atoms with Gasteiger partial charge in [0.25, 0.3) is 0 Å². The number of hydrogen-bond donors (Lipinski definition) is 1. The van der Waals surface area contributed by atoms with Gasteiger partial charge in [-0.15, -0.1) is 0 Å². The van der Waals surface area contributed by atoms with Crippen LogP contribution in [0.2, 0.25) is 5.02 Å². The van der Waals surface area contributed by atoms with Crippen LogP contribution in [-0.2, 0) is 7.05 Å². The molecule has 0 fully saturated rings. The Bertz CT molecular complexity index is 563. The molecule has 17 heavy (non-hydrogen) atoms. The molecule has 1 aromatic carbocycles. The highest BCUT2D eigenvalue weighted by atomic mass is 35.5. The van der Waals surface area contributed by atoms with Gasteiger partial charge in [0, 0.05) is 12.6 Å². The van der Waals surface area contributed by atoms with Crippen LogP contribution in [0.15, 0.2) is 18.2 Å². The molecule has 2 aromatic rings. The predicted octanol–water partition coefficient (Wildman–Crippen LogP) is 2.64. The number of aryl methyl sites for hydroxylation is 1. The third-order valence-electron chi connectivity index (χ3n) is 2.79. The first kappa shape index (κ1) is 11.8. The van der Waals surface area contributed by atoms with Gasteiger partial charge in [0.15, 0.2) is 0 Å². The van der Waals surface area contributed by atoms with E-state index >= 15 is 0 Å². The SMILES string of the molecule is COc1ccc(-c2nc(C)n(C)c2N)cc1Cl. The van der Waals surface area contributed by atoms with Gasteiger partial charge in [0.2, 0.25) is 0 Å². The van der Waals surface area contributed by atoms with Crippen molar-refractivity contribution in [2.45, 2.75) is 6.92 Å². The van der Waals surface area contributed by atoms with E-state index < -0.39 is 0 Å². The Morgan fingerprint density at radius 3 is 2.59 bits per heavy atom. The van der Waals surface area contributed by atoms with Crippen molar-refractivity contribution in [2.75, 3.05) is 12.8 Å². The lowest BCUT2D eigenvalue weighted by molar-refractivity contribution is 0.415. The normalized spacial score (nSPS) is 10.6. The van der Waals surface area contributed by atoms with Crippen LogP contribution in [0.1, 0.15) is 5.82 Å². The summed E-state index contributed by atoms with van der Waals surface area (Å²) in [6.07, 6.45) is 0. The van der Waals surface area contributed by atoms with Crippen molar-refractivity contribution in [1.82, 2.24) is 9.55 Å². The van der Waals surface area contributed by atoms with Gasteiger partial charge in [0.05, 0.1) is 12.1 Å². The van der Waals surface area contributed by atoms with Crippen molar-refractivity contribution in [1.29, 1.82) is 0 Å². The second-order valence-corrected chi connectivity index (χ2v) is 4.21. The summed E-state index contributed by atoms with van der Waals surface area (Å²) in [5.41, 5.74) is 7.61. The number of nitrogens with zero attached hydrogens (tertiary/aromatic N) is 2. The number of imidazole rings is 1. The number of aromatic nitrogens is 2. The molecule has 0 atom stereocenters. The van der Waals surface area contributed by atoms with Gasteiger partial charge in [0.1, 0.15) is 23.1 Å². The molecule has 1 aromatic heterocycles. The Labute approximate surface area is 105 Å². The third-order valence-corrected chi connectivity index (χ3v) is 3.08. The summed E-state index contributed by atoms with van der Waals surface area (Å²) in [6, 6.07) is 5.50. The summed E-state index contributed by atoms with van der Waals surface area (Å²) in [4.78, 5) is 4.42. The van der Waals surface area contributed by atoms with Crippen LogP contribution in [0.4, 0.5) is 5.82 Å². The molecule has 0 aliphatic rings. The number of ether oxygens (including phenoxy) is 1. The third kappa shape index (κ3) is 1.96. The molecule has 0 bridgehead atoms. The van der Waals surface area contributed by atoms with Crippen LogP contribution in [0.25, 0.3) is 11.3 Å². The molecular weight excluding hydrogens is 238 g/mol. The molecule has 0 radical (unpaired) electrons. The van der Waals surface area contributed by atoms with Gasteiger partial charge in [-0.3, -0.25) is 0 Å². The fourth-order valence-corrected chi connectivity index (χ4v) is 1.91. The highest BCUT2D eigenvalue weighted by Gasteiger charge is 2.12. The van der Waals surface area contributed by atoms with Gasteiger partial charge >= 0.3 is 0 Å². The predicted molar refractivity (Wildman–Crippen MR) is 69.4 cm³/mol. The van der Waals surface area contributed by atoms with Gasteiger partial charge in [-0.25, -0.2) is 4.98 Å². The summed E-state index contributed by atoms with van der Waals surface area (Å²) < 4.78 is 6.95. The highest BCUT2D eigenvalue weighted by Crippen LogP contribution is 2.32. The maximum absolute atomic E-state index is 6.08. The molecule has 0 unspecified atom stereocenters. The Balaban J connectivity index is 2.53. The molecule has 0 spiro atoms. The van der Waals surface area contributed by atoms with Crippen molar-refractivity contribution in [2.24, 2.45) is 7.05 Å². The molecule has 1 heterocycles. The van der Waals surface area contributed by atoms with E-state index in [1.807, 2.05) is 24.6 Å². The largest absolute Gasteiger partial charge is 0.495 e. The number of nitrogens with two attached hydrogens (primary N) is 1. The standard InChI is InChI=1S/C12H14ClN3O/c1-7-15-11(12(14)16(7)2)8-4-5-10(17-3)9(13)6-8/h4-6H,14H2,1-3H3. The van der Waals surface area contributed by atoms with Crippen molar-refractivity contribution in [3.05, 3.63) is 29.0 Å². The summed E-state index contributed by atoms with van der Waals surface area (Å²) >= 11 is 6.08. The molecule has 0 amide bonds. The van der Waals surface area contributed by atoms with Crippen molar-refractivity contribution < 1.29 is 4.74 Å². The van der Waals surface area contributed by atoms with Crippen LogP contribution < -0.4 is 10.5 Å². The van der Waals surface area contributed by atoms with E-state index in [0.29, 0.717) is 16.6 Å². The number of anilines is 1. The molecule has 5 heteroatoms. The van der Waals surface area contributed by atoms with Crippen LogP contribution in [0, 0.1) is 6.92 Å². The number of benzene rings is 1. The molecule has 2 rings (SSSR count). The molecule has 0 saturated heterocycles. The second kappa shape index (κ2) is 4.30. The maximum Gasteiger partial charge on any atom is 0.137 e. The average Bonchev–Trinajstić information content (AvgIpc) is 2.57. The quantitative estimate of drug-likeness (QED) is 0.893. The molecule has 2 N–H and O–H groups in total. The number of rotatable bonds is 2. The van der Waals surface area contributed by atoms with E-state index in [1.165, 1.54) is 0 Å². The lowest BCUT2D eigenvalue weighted by Crippen LogP contribution is -1.98. The Hall–Kier alpha value is -1.68. The Morgan fingerprint density at radius 1 is 1.41 bits per heavy atom. The van der Waals surface area contributed by atoms with E-state index in [9.17, 15) is 0 Å². The summed E-state index contributed by atoms with van der Waals surface area (Å²) in [5.74, 6) is 2.13. The number of nitrogen functional groups attached to an aromatic ring is 1. The van der Waals surface area contributed by atoms with Gasteiger partial charge < -0.3 is 15.0 Å². The van der Waals surface area contributed by atoms with Crippen molar-refractivity contribution >= 4 is 17.4 Å². The number of hydrogen-bond acceptors (Lipinski definition) is 3. The van der Waals surface area contributed by atoms with E-state index in [1.54, 1.807) is 19.2 Å². The maximum atomic E-state index is 6.08. The molecule has 0 saturated carbocycles. The summed E-state index contributed by atoms with van der Waals surface area (Å²) in [7, 11) is 3.46. The molecule has 0 aliphatic carbocycles. The summed E-state index contributed by atoms with van der Waals surface area (Å²) in [5, 5.41) is 0.549. The fourth-order valence-electron chi connectivity index (χ4n) is 1.65. The zero-order valence-corrected chi connectivity index (χ0v) is 10.7. The van der Waals surface area contributed by atoms with Crippen molar-refractivity contribution in [3.8, 4) is 17.0 Å². The first-order valence-electron chi connectivity index (χ1n) is 5.17. The first-order valence-corrected chi connectivity index (χ1v) is 5.55. The second-order valence-electron chi connectivity index (χ2n) is 3.80. The average molecular weight is 252 g/mol.